The molecule has 0 atom stereocenters. The van der Waals surface area contributed by atoms with Gasteiger partial charge < -0.3 is 9.15 Å². The lowest BCUT2D eigenvalue weighted by Gasteiger charge is -2.19. The number of hydrogen-bond donors (Lipinski definition) is 0. The SMILES string of the molecule is Cc1c(Oc2ccccc2)oc(=O)n1C(c1ccccc1)c1ccccc1. The first-order chi connectivity index (χ1) is 13.2. The Hall–Kier alpha value is -3.53. The van der Waals surface area contributed by atoms with Crippen LogP contribution in [0.25, 0.3) is 0 Å². The number of oxazole rings is 1. The Morgan fingerprint density at radius 2 is 1.26 bits per heavy atom. The van der Waals surface area contributed by atoms with Crippen LogP contribution in [0.1, 0.15) is 22.9 Å². The molecule has 4 rings (SSSR count). The van der Waals surface area contributed by atoms with E-state index in [1.807, 2.05) is 97.9 Å². The molecule has 0 bridgehead atoms. The van der Waals surface area contributed by atoms with Crippen LogP contribution < -0.4 is 10.5 Å². The summed E-state index contributed by atoms with van der Waals surface area (Å²) in [4.78, 5) is 12.8. The number of nitrogens with zero attached hydrogens (tertiary/aromatic N) is 1. The number of para-hydroxylation sites is 1. The standard InChI is InChI=1S/C23H19NO3/c1-17-22(26-20-15-9-4-10-16-20)27-23(25)24(17)21(18-11-5-2-6-12-18)19-13-7-3-8-14-19/h2-16,21H,1H3. The van der Waals surface area contributed by atoms with Gasteiger partial charge in [-0.25, -0.2) is 4.79 Å². The quantitative estimate of drug-likeness (QED) is 0.494. The average Bonchev–Trinajstić information content (AvgIpc) is 2.98. The summed E-state index contributed by atoms with van der Waals surface area (Å²) in [6.45, 7) is 1.84. The van der Waals surface area contributed by atoms with Crippen molar-refractivity contribution in [1.82, 2.24) is 4.57 Å². The van der Waals surface area contributed by atoms with E-state index in [9.17, 15) is 4.79 Å². The van der Waals surface area contributed by atoms with Gasteiger partial charge in [-0.3, -0.25) is 4.57 Å². The van der Waals surface area contributed by atoms with Crippen molar-refractivity contribution in [2.45, 2.75) is 13.0 Å². The number of hydrogen-bond acceptors (Lipinski definition) is 3. The van der Waals surface area contributed by atoms with E-state index in [2.05, 4.69) is 0 Å². The first-order valence-corrected chi connectivity index (χ1v) is 8.79. The minimum atomic E-state index is -0.448. The van der Waals surface area contributed by atoms with E-state index >= 15 is 0 Å². The molecule has 1 aromatic heterocycles. The molecule has 0 amide bonds. The van der Waals surface area contributed by atoms with Gasteiger partial charge in [0.05, 0.1) is 6.04 Å². The Labute approximate surface area is 157 Å². The molecule has 0 radical (unpaired) electrons. The topological polar surface area (TPSA) is 44.4 Å². The molecule has 0 saturated carbocycles. The molecule has 3 aromatic carbocycles. The van der Waals surface area contributed by atoms with Crippen LogP contribution >= 0.6 is 0 Å². The van der Waals surface area contributed by atoms with Gasteiger partial charge in [-0.2, -0.15) is 0 Å². The second-order valence-electron chi connectivity index (χ2n) is 6.25. The highest BCUT2D eigenvalue weighted by molar-refractivity contribution is 5.35. The van der Waals surface area contributed by atoms with Crippen molar-refractivity contribution in [2.24, 2.45) is 0 Å². The number of aromatic nitrogens is 1. The van der Waals surface area contributed by atoms with Gasteiger partial charge in [-0.05, 0) is 30.2 Å². The molecule has 27 heavy (non-hydrogen) atoms. The van der Waals surface area contributed by atoms with Gasteiger partial charge in [-0.15, -0.1) is 0 Å². The first-order valence-electron chi connectivity index (χ1n) is 8.79. The summed E-state index contributed by atoms with van der Waals surface area (Å²) in [5.41, 5.74) is 2.64. The van der Waals surface area contributed by atoms with Gasteiger partial charge in [-0.1, -0.05) is 78.9 Å². The molecular formula is C23H19NO3. The molecule has 0 aliphatic heterocycles. The predicted octanol–water partition coefficient (Wildman–Crippen LogP) is 5.18. The monoisotopic (exact) mass is 357 g/mol. The second-order valence-corrected chi connectivity index (χ2v) is 6.25. The Morgan fingerprint density at radius 1 is 0.778 bits per heavy atom. The van der Waals surface area contributed by atoms with Crippen molar-refractivity contribution in [3.63, 3.8) is 0 Å². The summed E-state index contributed by atoms with van der Waals surface area (Å²) in [6.07, 6.45) is 0. The maximum atomic E-state index is 12.8. The highest BCUT2D eigenvalue weighted by atomic mass is 16.6. The van der Waals surface area contributed by atoms with Gasteiger partial charge in [0.1, 0.15) is 11.4 Å². The maximum Gasteiger partial charge on any atom is 0.423 e. The molecule has 4 aromatic rings. The normalized spacial score (nSPS) is 10.9. The predicted molar refractivity (Wildman–Crippen MR) is 104 cm³/mol. The molecule has 0 spiro atoms. The van der Waals surface area contributed by atoms with Crippen LogP contribution in [0.3, 0.4) is 0 Å². The summed E-state index contributed by atoms with van der Waals surface area (Å²) in [7, 11) is 0. The Balaban J connectivity index is 1.83. The molecule has 0 saturated heterocycles. The molecular weight excluding hydrogens is 338 g/mol. The maximum absolute atomic E-state index is 12.8. The summed E-state index contributed by atoms with van der Waals surface area (Å²) < 4.78 is 12.9. The second kappa shape index (κ2) is 7.38. The zero-order valence-corrected chi connectivity index (χ0v) is 14.9. The van der Waals surface area contributed by atoms with Crippen LogP contribution in [0, 0.1) is 6.92 Å². The van der Waals surface area contributed by atoms with Crippen LogP contribution in [0.4, 0.5) is 0 Å². The van der Waals surface area contributed by atoms with Gasteiger partial charge in [0.25, 0.3) is 0 Å². The lowest BCUT2D eigenvalue weighted by molar-refractivity contribution is 0.328. The number of ether oxygens (including phenoxy) is 1. The Morgan fingerprint density at radius 3 is 1.78 bits per heavy atom. The number of benzene rings is 3. The van der Waals surface area contributed by atoms with Gasteiger partial charge >= 0.3 is 11.7 Å². The lowest BCUT2D eigenvalue weighted by atomic mass is 9.98. The molecule has 0 aliphatic carbocycles. The minimum Gasteiger partial charge on any atom is -0.425 e. The van der Waals surface area contributed by atoms with Gasteiger partial charge in [0.2, 0.25) is 0 Å². The van der Waals surface area contributed by atoms with E-state index in [1.165, 1.54) is 0 Å². The zero-order valence-electron chi connectivity index (χ0n) is 14.9. The van der Waals surface area contributed by atoms with Crippen LogP contribution in [-0.4, -0.2) is 4.57 Å². The first kappa shape index (κ1) is 16.9. The van der Waals surface area contributed by atoms with Crippen LogP contribution in [0.15, 0.2) is 100 Å². The molecule has 0 unspecified atom stereocenters. The van der Waals surface area contributed by atoms with Crippen molar-refractivity contribution in [1.29, 1.82) is 0 Å². The minimum absolute atomic E-state index is 0.211. The van der Waals surface area contributed by atoms with Gasteiger partial charge in [0.15, 0.2) is 0 Å². The molecule has 4 nitrogen and oxygen atoms in total. The Kier molecular flexibility index (Phi) is 4.62. The molecule has 134 valence electrons. The van der Waals surface area contributed by atoms with Crippen LogP contribution in [-0.2, 0) is 0 Å². The molecule has 4 heteroatoms. The van der Waals surface area contributed by atoms with Crippen molar-refractivity contribution in [3.05, 3.63) is 118 Å². The number of rotatable bonds is 5. The van der Waals surface area contributed by atoms with Crippen molar-refractivity contribution >= 4 is 0 Å². The van der Waals surface area contributed by atoms with Gasteiger partial charge in [0, 0.05) is 0 Å². The van der Waals surface area contributed by atoms with E-state index in [4.69, 9.17) is 9.15 Å². The molecule has 0 N–H and O–H groups in total. The third-order valence-corrected chi connectivity index (χ3v) is 4.48. The highest BCUT2D eigenvalue weighted by Crippen LogP contribution is 2.31. The van der Waals surface area contributed by atoms with Crippen LogP contribution in [0.5, 0.6) is 11.7 Å². The van der Waals surface area contributed by atoms with Crippen LogP contribution in [0.2, 0.25) is 0 Å². The van der Waals surface area contributed by atoms with E-state index in [-0.39, 0.29) is 12.0 Å². The summed E-state index contributed by atoms with van der Waals surface area (Å²) in [5, 5.41) is 0. The fourth-order valence-corrected chi connectivity index (χ4v) is 3.19. The van der Waals surface area contributed by atoms with E-state index < -0.39 is 5.76 Å². The van der Waals surface area contributed by atoms with Crippen molar-refractivity contribution < 1.29 is 9.15 Å². The highest BCUT2D eigenvalue weighted by Gasteiger charge is 2.25. The van der Waals surface area contributed by atoms with Crippen molar-refractivity contribution in [3.8, 4) is 11.7 Å². The molecule has 0 aliphatic rings. The zero-order chi connectivity index (χ0) is 18.6. The lowest BCUT2D eigenvalue weighted by Crippen LogP contribution is -2.23. The molecule has 0 fully saturated rings. The third kappa shape index (κ3) is 3.42. The average molecular weight is 357 g/mol. The fraction of sp³-hybridized carbons (Fsp3) is 0.0870. The summed E-state index contributed by atoms with van der Waals surface area (Å²) >= 11 is 0. The summed E-state index contributed by atoms with van der Waals surface area (Å²) in [6, 6.07) is 28.8. The Bertz CT molecular complexity index is 1030. The van der Waals surface area contributed by atoms with Crippen molar-refractivity contribution in [2.75, 3.05) is 0 Å². The van der Waals surface area contributed by atoms with E-state index in [0.717, 1.165) is 11.1 Å². The molecule has 1 heterocycles. The van der Waals surface area contributed by atoms with E-state index in [1.54, 1.807) is 4.57 Å². The smallest absolute Gasteiger partial charge is 0.423 e. The largest absolute Gasteiger partial charge is 0.425 e. The third-order valence-electron chi connectivity index (χ3n) is 4.48. The van der Waals surface area contributed by atoms with E-state index in [0.29, 0.717) is 11.4 Å². The fourth-order valence-electron chi connectivity index (χ4n) is 3.19. The summed E-state index contributed by atoms with van der Waals surface area (Å²) in [5.74, 6) is 0.386.